The average molecular weight is 219 g/mol. The van der Waals surface area contributed by atoms with Crippen LogP contribution in [-0.2, 0) is 11.3 Å². The van der Waals surface area contributed by atoms with E-state index >= 15 is 0 Å². The number of pyridine rings is 1. The zero-order chi connectivity index (χ0) is 11.4. The third-order valence-electron chi connectivity index (χ3n) is 2.54. The smallest absolute Gasteiger partial charge is 0.234 e. The SMILES string of the molecule is Cc1cccc(CNC(=O)CNC2CC2)n1. The summed E-state index contributed by atoms with van der Waals surface area (Å²) in [6, 6.07) is 6.39. The number of amides is 1. The first-order valence-corrected chi connectivity index (χ1v) is 5.66. The molecular formula is C12H17N3O. The van der Waals surface area contributed by atoms with E-state index in [2.05, 4.69) is 15.6 Å². The van der Waals surface area contributed by atoms with Crippen molar-refractivity contribution in [2.24, 2.45) is 0 Å². The molecule has 0 bridgehead atoms. The zero-order valence-corrected chi connectivity index (χ0v) is 9.49. The second kappa shape index (κ2) is 5.07. The lowest BCUT2D eigenvalue weighted by Gasteiger charge is -2.05. The van der Waals surface area contributed by atoms with Gasteiger partial charge < -0.3 is 10.6 Å². The van der Waals surface area contributed by atoms with Crippen LogP contribution in [-0.4, -0.2) is 23.5 Å². The van der Waals surface area contributed by atoms with Gasteiger partial charge in [-0.1, -0.05) is 6.07 Å². The summed E-state index contributed by atoms with van der Waals surface area (Å²) in [5, 5.41) is 6.02. The Morgan fingerprint density at radius 2 is 2.31 bits per heavy atom. The van der Waals surface area contributed by atoms with Gasteiger partial charge in [-0.15, -0.1) is 0 Å². The third-order valence-corrected chi connectivity index (χ3v) is 2.54. The fourth-order valence-corrected chi connectivity index (χ4v) is 1.47. The van der Waals surface area contributed by atoms with Crippen LogP contribution in [0.5, 0.6) is 0 Å². The lowest BCUT2D eigenvalue weighted by molar-refractivity contribution is -0.120. The summed E-state index contributed by atoms with van der Waals surface area (Å²) in [4.78, 5) is 15.7. The molecule has 86 valence electrons. The number of aromatic nitrogens is 1. The Balaban J connectivity index is 1.71. The van der Waals surface area contributed by atoms with Gasteiger partial charge >= 0.3 is 0 Å². The monoisotopic (exact) mass is 219 g/mol. The fraction of sp³-hybridized carbons (Fsp3) is 0.500. The van der Waals surface area contributed by atoms with Gasteiger partial charge in [0.1, 0.15) is 0 Å². The molecule has 1 heterocycles. The van der Waals surface area contributed by atoms with E-state index in [0.717, 1.165) is 11.4 Å². The Labute approximate surface area is 95.5 Å². The van der Waals surface area contributed by atoms with Crippen molar-refractivity contribution in [3.8, 4) is 0 Å². The number of nitrogens with one attached hydrogen (secondary N) is 2. The van der Waals surface area contributed by atoms with Crippen LogP contribution in [0.4, 0.5) is 0 Å². The summed E-state index contributed by atoms with van der Waals surface area (Å²) >= 11 is 0. The van der Waals surface area contributed by atoms with Gasteiger partial charge in [-0.05, 0) is 31.9 Å². The fourth-order valence-electron chi connectivity index (χ4n) is 1.47. The molecule has 2 rings (SSSR count). The average Bonchev–Trinajstić information content (AvgIpc) is 3.07. The lowest BCUT2D eigenvalue weighted by Crippen LogP contribution is -2.34. The van der Waals surface area contributed by atoms with Gasteiger partial charge in [-0.3, -0.25) is 9.78 Å². The molecule has 1 aromatic heterocycles. The van der Waals surface area contributed by atoms with Crippen molar-refractivity contribution in [1.82, 2.24) is 15.6 Å². The normalized spacial score (nSPS) is 14.8. The van der Waals surface area contributed by atoms with Gasteiger partial charge in [0.25, 0.3) is 0 Å². The third kappa shape index (κ3) is 3.62. The minimum absolute atomic E-state index is 0.0372. The largest absolute Gasteiger partial charge is 0.349 e. The molecule has 1 aliphatic carbocycles. The lowest BCUT2D eigenvalue weighted by atomic mass is 10.3. The van der Waals surface area contributed by atoms with Crippen molar-refractivity contribution in [3.05, 3.63) is 29.6 Å². The molecule has 2 N–H and O–H groups in total. The molecule has 1 aromatic rings. The number of carbonyl (C=O) groups excluding carboxylic acids is 1. The molecule has 4 nitrogen and oxygen atoms in total. The molecule has 1 saturated carbocycles. The molecule has 0 aromatic carbocycles. The van der Waals surface area contributed by atoms with E-state index in [4.69, 9.17) is 0 Å². The molecule has 1 aliphatic rings. The summed E-state index contributed by atoms with van der Waals surface area (Å²) in [6.07, 6.45) is 2.40. The van der Waals surface area contributed by atoms with Gasteiger partial charge in [0.15, 0.2) is 0 Å². The van der Waals surface area contributed by atoms with Crippen molar-refractivity contribution < 1.29 is 4.79 Å². The van der Waals surface area contributed by atoms with Crippen molar-refractivity contribution in [2.75, 3.05) is 6.54 Å². The minimum Gasteiger partial charge on any atom is -0.349 e. The Kier molecular flexibility index (Phi) is 3.51. The predicted octanol–water partition coefficient (Wildman–Crippen LogP) is 0.758. The van der Waals surface area contributed by atoms with E-state index in [0.29, 0.717) is 19.1 Å². The molecule has 0 aliphatic heterocycles. The Morgan fingerprint density at radius 1 is 1.50 bits per heavy atom. The van der Waals surface area contributed by atoms with Gasteiger partial charge in [0.05, 0.1) is 18.8 Å². The van der Waals surface area contributed by atoms with Crippen molar-refractivity contribution >= 4 is 5.91 Å². The summed E-state index contributed by atoms with van der Waals surface area (Å²) < 4.78 is 0. The maximum atomic E-state index is 11.4. The Hall–Kier alpha value is -1.42. The van der Waals surface area contributed by atoms with E-state index in [1.807, 2.05) is 25.1 Å². The molecule has 1 fully saturated rings. The van der Waals surface area contributed by atoms with Gasteiger partial charge in [-0.25, -0.2) is 0 Å². The van der Waals surface area contributed by atoms with Crippen LogP contribution in [0.3, 0.4) is 0 Å². The van der Waals surface area contributed by atoms with Crippen LogP contribution in [0, 0.1) is 6.92 Å². The van der Waals surface area contributed by atoms with E-state index < -0.39 is 0 Å². The van der Waals surface area contributed by atoms with Crippen LogP contribution in [0.2, 0.25) is 0 Å². The topological polar surface area (TPSA) is 54.0 Å². The Bertz CT molecular complexity index is 374. The van der Waals surface area contributed by atoms with Gasteiger partial charge in [-0.2, -0.15) is 0 Å². The highest BCUT2D eigenvalue weighted by atomic mass is 16.1. The van der Waals surface area contributed by atoms with Crippen molar-refractivity contribution in [3.63, 3.8) is 0 Å². The highest BCUT2D eigenvalue weighted by Gasteiger charge is 2.20. The maximum absolute atomic E-state index is 11.4. The van der Waals surface area contributed by atoms with Crippen LogP contribution in [0.1, 0.15) is 24.2 Å². The summed E-state index contributed by atoms with van der Waals surface area (Å²) in [6.45, 7) is 2.86. The summed E-state index contributed by atoms with van der Waals surface area (Å²) in [7, 11) is 0. The number of hydrogen-bond donors (Lipinski definition) is 2. The standard InChI is InChI=1S/C12H17N3O/c1-9-3-2-4-11(15-9)7-14-12(16)8-13-10-5-6-10/h2-4,10,13H,5-8H2,1H3,(H,14,16). The van der Waals surface area contributed by atoms with E-state index in [1.54, 1.807) is 0 Å². The molecule has 0 spiro atoms. The molecule has 0 saturated heterocycles. The van der Waals surface area contributed by atoms with Crippen LogP contribution in [0.15, 0.2) is 18.2 Å². The van der Waals surface area contributed by atoms with Gasteiger partial charge in [0, 0.05) is 11.7 Å². The van der Waals surface area contributed by atoms with Crippen LogP contribution in [0.25, 0.3) is 0 Å². The molecule has 0 radical (unpaired) electrons. The first-order chi connectivity index (χ1) is 7.74. The number of carbonyl (C=O) groups is 1. The second-order valence-corrected chi connectivity index (χ2v) is 4.20. The van der Waals surface area contributed by atoms with Crippen LogP contribution < -0.4 is 10.6 Å². The van der Waals surface area contributed by atoms with Crippen LogP contribution >= 0.6 is 0 Å². The molecule has 0 atom stereocenters. The van der Waals surface area contributed by atoms with E-state index in [1.165, 1.54) is 12.8 Å². The van der Waals surface area contributed by atoms with E-state index in [-0.39, 0.29) is 5.91 Å². The second-order valence-electron chi connectivity index (χ2n) is 4.20. The first kappa shape index (κ1) is 11.1. The number of hydrogen-bond acceptors (Lipinski definition) is 3. The van der Waals surface area contributed by atoms with E-state index in [9.17, 15) is 4.79 Å². The number of rotatable bonds is 5. The molecule has 1 amide bonds. The number of aryl methyl sites for hydroxylation is 1. The molecule has 16 heavy (non-hydrogen) atoms. The molecular weight excluding hydrogens is 202 g/mol. The molecule has 4 heteroatoms. The first-order valence-electron chi connectivity index (χ1n) is 5.66. The number of nitrogens with zero attached hydrogens (tertiary/aromatic N) is 1. The minimum atomic E-state index is 0.0372. The highest BCUT2D eigenvalue weighted by molar-refractivity contribution is 5.77. The van der Waals surface area contributed by atoms with Gasteiger partial charge in [0.2, 0.25) is 5.91 Å². The quantitative estimate of drug-likeness (QED) is 0.768. The maximum Gasteiger partial charge on any atom is 0.234 e. The summed E-state index contributed by atoms with van der Waals surface area (Å²) in [5.74, 6) is 0.0372. The van der Waals surface area contributed by atoms with Crippen molar-refractivity contribution in [1.29, 1.82) is 0 Å². The highest BCUT2D eigenvalue weighted by Crippen LogP contribution is 2.17. The Morgan fingerprint density at radius 3 is 3.00 bits per heavy atom. The predicted molar refractivity (Wildman–Crippen MR) is 61.8 cm³/mol. The van der Waals surface area contributed by atoms with Crippen molar-refractivity contribution in [2.45, 2.75) is 32.4 Å². The summed E-state index contributed by atoms with van der Waals surface area (Å²) in [5.41, 5.74) is 1.88. The zero-order valence-electron chi connectivity index (χ0n) is 9.49. The molecule has 0 unspecified atom stereocenters.